The maximum atomic E-state index is 5.92. The van der Waals surface area contributed by atoms with Crippen molar-refractivity contribution in [2.45, 2.75) is 25.3 Å². The van der Waals surface area contributed by atoms with Crippen LogP contribution in [0.1, 0.15) is 24.0 Å². The minimum absolute atomic E-state index is 0.331. The van der Waals surface area contributed by atoms with Gasteiger partial charge in [0.1, 0.15) is 5.76 Å². The van der Waals surface area contributed by atoms with Gasteiger partial charge in [0.25, 0.3) is 0 Å². The number of ether oxygens (including phenoxy) is 4. The van der Waals surface area contributed by atoms with E-state index in [0.29, 0.717) is 18.8 Å². The number of likely N-dealkylation sites (N-methyl/N-ethyl adjacent to an activating group) is 1. The van der Waals surface area contributed by atoms with E-state index in [4.69, 9.17) is 18.9 Å². The summed E-state index contributed by atoms with van der Waals surface area (Å²) in [6.45, 7) is 1.45. The van der Waals surface area contributed by atoms with Gasteiger partial charge in [0.05, 0.1) is 14.2 Å². The number of likely N-dealkylation sites (tertiary alicyclic amines) is 1. The van der Waals surface area contributed by atoms with Gasteiger partial charge in [0.2, 0.25) is 6.79 Å². The van der Waals surface area contributed by atoms with Crippen LogP contribution in [-0.4, -0.2) is 45.5 Å². The Morgan fingerprint density at radius 3 is 2.68 bits per heavy atom. The largest absolute Gasteiger partial charge is 0.493 e. The van der Waals surface area contributed by atoms with E-state index in [1.807, 2.05) is 0 Å². The van der Waals surface area contributed by atoms with Gasteiger partial charge in [-0.25, -0.2) is 0 Å². The smallest absolute Gasteiger partial charge is 0.230 e. The third-order valence-electron chi connectivity index (χ3n) is 6.09. The highest BCUT2D eigenvalue weighted by atomic mass is 16.7. The standard InChI is InChI=1S/C20H23NO4/c1-21-5-4-11-7-17-20(25-10-24-17)19-13-9-16(23-3)15(22-2)8-12(13)6-14(21)18(11)19/h8-9,11,14H,4-7,10H2,1-3H3/t11-,14-/m0/s1. The van der Waals surface area contributed by atoms with Crippen LogP contribution in [0.2, 0.25) is 0 Å². The zero-order valence-electron chi connectivity index (χ0n) is 14.9. The summed E-state index contributed by atoms with van der Waals surface area (Å²) in [7, 11) is 5.61. The van der Waals surface area contributed by atoms with Crippen molar-refractivity contribution in [1.29, 1.82) is 0 Å². The van der Waals surface area contributed by atoms with Crippen molar-refractivity contribution < 1.29 is 18.9 Å². The van der Waals surface area contributed by atoms with Crippen LogP contribution in [-0.2, 0) is 15.9 Å². The third kappa shape index (κ3) is 2.05. The van der Waals surface area contributed by atoms with Crippen LogP contribution >= 0.6 is 0 Å². The van der Waals surface area contributed by atoms with Gasteiger partial charge in [-0.05, 0) is 61.2 Å². The summed E-state index contributed by atoms with van der Waals surface area (Å²) in [6.07, 6.45) is 3.15. The second-order valence-electron chi connectivity index (χ2n) is 7.24. The van der Waals surface area contributed by atoms with Crippen LogP contribution in [0.5, 0.6) is 11.5 Å². The Kier molecular flexibility index (Phi) is 3.29. The first kappa shape index (κ1) is 15.1. The first-order valence-corrected chi connectivity index (χ1v) is 8.90. The molecule has 0 spiro atoms. The van der Waals surface area contributed by atoms with E-state index in [2.05, 4.69) is 24.1 Å². The van der Waals surface area contributed by atoms with Crippen LogP contribution < -0.4 is 9.47 Å². The number of hydrogen-bond donors (Lipinski definition) is 0. The summed E-state index contributed by atoms with van der Waals surface area (Å²) in [5, 5.41) is 0. The van der Waals surface area contributed by atoms with E-state index in [1.165, 1.54) is 28.7 Å². The molecule has 0 aromatic heterocycles. The van der Waals surface area contributed by atoms with Gasteiger partial charge < -0.3 is 18.9 Å². The Hall–Kier alpha value is -2.14. The van der Waals surface area contributed by atoms with Crippen molar-refractivity contribution in [1.82, 2.24) is 4.90 Å². The van der Waals surface area contributed by atoms with Gasteiger partial charge in [0, 0.05) is 18.0 Å². The van der Waals surface area contributed by atoms with E-state index in [9.17, 15) is 0 Å². The Balaban J connectivity index is 1.76. The number of rotatable bonds is 2. The van der Waals surface area contributed by atoms with E-state index in [0.717, 1.165) is 42.4 Å². The molecule has 0 saturated carbocycles. The van der Waals surface area contributed by atoms with Gasteiger partial charge in [-0.15, -0.1) is 0 Å². The van der Waals surface area contributed by atoms with E-state index in [1.54, 1.807) is 14.2 Å². The van der Waals surface area contributed by atoms with Gasteiger partial charge in [-0.2, -0.15) is 0 Å². The second-order valence-corrected chi connectivity index (χ2v) is 7.24. The maximum Gasteiger partial charge on any atom is 0.230 e. The number of nitrogens with zero attached hydrogens (tertiary/aromatic N) is 1. The quantitative estimate of drug-likeness (QED) is 0.827. The lowest BCUT2D eigenvalue weighted by Crippen LogP contribution is -2.46. The predicted molar refractivity (Wildman–Crippen MR) is 93.4 cm³/mol. The lowest BCUT2D eigenvalue weighted by molar-refractivity contribution is 0.0717. The van der Waals surface area contributed by atoms with Gasteiger partial charge in [-0.1, -0.05) is 0 Å². The summed E-state index contributed by atoms with van der Waals surface area (Å²) in [5.41, 5.74) is 5.26. The summed E-state index contributed by atoms with van der Waals surface area (Å²) in [5.74, 6) is 4.07. The molecule has 5 heteroatoms. The number of allylic oxidation sites excluding steroid dienone is 2. The maximum absolute atomic E-state index is 5.92. The summed E-state index contributed by atoms with van der Waals surface area (Å²) >= 11 is 0. The zero-order chi connectivity index (χ0) is 17.1. The fraction of sp³-hybridized carbons (Fsp3) is 0.500. The molecule has 0 unspecified atom stereocenters. The highest BCUT2D eigenvalue weighted by molar-refractivity contribution is 5.87. The van der Waals surface area contributed by atoms with Gasteiger partial charge in [-0.3, -0.25) is 4.90 Å². The Morgan fingerprint density at radius 2 is 1.88 bits per heavy atom. The molecule has 5 rings (SSSR count). The number of methoxy groups -OCH3 is 2. The Bertz CT molecular complexity index is 810. The van der Waals surface area contributed by atoms with Gasteiger partial charge >= 0.3 is 0 Å². The molecule has 1 aromatic rings. The van der Waals surface area contributed by atoms with E-state index < -0.39 is 0 Å². The molecule has 1 aromatic carbocycles. The summed E-state index contributed by atoms with van der Waals surface area (Å²) in [6, 6.07) is 4.66. The first-order chi connectivity index (χ1) is 12.2. The van der Waals surface area contributed by atoms with Crippen molar-refractivity contribution in [3.8, 4) is 11.5 Å². The molecule has 2 heterocycles. The van der Waals surface area contributed by atoms with Crippen LogP contribution in [0, 0.1) is 5.92 Å². The fourth-order valence-electron chi connectivity index (χ4n) is 4.86. The molecule has 1 saturated heterocycles. The Labute approximate surface area is 147 Å². The van der Waals surface area contributed by atoms with Crippen molar-refractivity contribution in [2.75, 3.05) is 34.6 Å². The molecule has 4 aliphatic rings. The van der Waals surface area contributed by atoms with Crippen LogP contribution in [0.25, 0.3) is 5.57 Å². The molecule has 1 fully saturated rings. The highest BCUT2D eigenvalue weighted by Gasteiger charge is 2.44. The summed E-state index contributed by atoms with van der Waals surface area (Å²) < 4.78 is 22.8. The number of piperidine rings is 1. The van der Waals surface area contributed by atoms with Crippen molar-refractivity contribution in [3.05, 3.63) is 40.4 Å². The number of benzene rings is 1. The number of fused-ring (bicyclic) bond motifs is 3. The van der Waals surface area contributed by atoms with Crippen molar-refractivity contribution in [2.24, 2.45) is 5.92 Å². The Morgan fingerprint density at radius 1 is 1.08 bits per heavy atom. The minimum Gasteiger partial charge on any atom is -0.493 e. The summed E-state index contributed by atoms with van der Waals surface area (Å²) in [4.78, 5) is 2.48. The monoisotopic (exact) mass is 341 g/mol. The molecular weight excluding hydrogens is 318 g/mol. The molecule has 2 aliphatic heterocycles. The average molecular weight is 341 g/mol. The topological polar surface area (TPSA) is 40.2 Å². The normalized spacial score (nSPS) is 27.2. The molecule has 5 nitrogen and oxygen atoms in total. The molecule has 0 N–H and O–H groups in total. The van der Waals surface area contributed by atoms with Crippen molar-refractivity contribution in [3.63, 3.8) is 0 Å². The molecule has 2 aliphatic carbocycles. The lowest BCUT2D eigenvalue weighted by atomic mass is 9.69. The molecule has 2 atom stereocenters. The minimum atomic E-state index is 0.331. The third-order valence-corrected chi connectivity index (χ3v) is 6.09. The van der Waals surface area contributed by atoms with E-state index >= 15 is 0 Å². The molecule has 0 amide bonds. The SMILES string of the molecule is COc1cc2c(cc1OC)C1=C3[C@@H](CCN(C)[C@H]3C2)CC2=C1OCO2. The van der Waals surface area contributed by atoms with E-state index in [-0.39, 0.29) is 0 Å². The number of hydrogen-bond acceptors (Lipinski definition) is 5. The van der Waals surface area contributed by atoms with Crippen LogP contribution in [0.15, 0.2) is 29.2 Å². The average Bonchev–Trinajstić information content (AvgIpc) is 3.11. The molecule has 132 valence electrons. The molecule has 0 bridgehead atoms. The van der Waals surface area contributed by atoms with Crippen LogP contribution in [0.4, 0.5) is 0 Å². The molecule has 0 radical (unpaired) electrons. The van der Waals surface area contributed by atoms with Crippen molar-refractivity contribution >= 4 is 5.57 Å². The fourth-order valence-corrected chi connectivity index (χ4v) is 4.86. The predicted octanol–water partition coefficient (Wildman–Crippen LogP) is 2.95. The first-order valence-electron chi connectivity index (χ1n) is 8.90. The molecular formula is C20H23NO4. The second kappa shape index (κ2) is 5.43. The highest BCUT2D eigenvalue weighted by Crippen LogP contribution is 2.52. The lowest BCUT2D eigenvalue weighted by Gasteiger charge is -2.45. The molecule has 25 heavy (non-hydrogen) atoms. The van der Waals surface area contributed by atoms with Crippen LogP contribution in [0.3, 0.4) is 0 Å². The zero-order valence-corrected chi connectivity index (χ0v) is 14.9. The van der Waals surface area contributed by atoms with Gasteiger partial charge in [0.15, 0.2) is 17.3 Å².